The van der Waals surface area contributed by atoms with E-state index in [9.17, 15) is 9.59 Å². The Morgan fingerprint density at radius 2 is 1.53 bits per heavy atom. The number of carbonyl (C=O) groups excluding carboxylic acids is 1. The van der Waals surface area contributed by atoms with Crippen LogP contribution in [0.5, 0.6) is 0 Å². The lowest BCUT2D eigenvalue weighted by Gasteiger charge is -2.14. The molecular formula is C32H32O4. The van der Waals surface area contributed by atoms with Gasteiger partial charge < -0.3 is 9.15 Å². The summed E-state index contributed by atoms with van der Waals surface area (Å²) in [6.45, 7) is 6.48. The third-order valence-corrected chi connectivity index (χ3v) is 6.94. The molecule has 1 fully saturated rings. The van der Waals surface area contributed by atoms with Crippen LogP contribution in [0.3, 0.4) is 0 Å². The van der Waals surface area contributed by atoms with E-state index in [1.807, 2.05) is 67.6 Å². The van der Waals surface area contributed by atoms with E-state index in [-0.39, 0.29) is 24.1 Å². The van der Waals surface area contributed by atoms with E-state index in [1.54, 1.807) is 0 Å². The second kappa shape index (κ2) is 10.1. The first kappa shape index (κ1) is 24.1. The number of carbonyl (C=O) groups is 1. The predicted octanol–water partition coefficient (Wildman–Crippen LogP) is 7.38. The normalized spacial score (nSPS) is 14.2. The minimum absolute atomic E-state index is 0.200. The summed E-state index contributed by atoms with van der Waals surface area (Å²) in [5.41, 5.74) is 4.81. The van der Waals surface area contributed by atoms with Crippen LogP contribution in [-0.4, -0.2) is 5.97 Å². The summed E-state index contributed by atoms with van der Waals surface area (Å²) in [4.78, 5) is 25.3. The fraction of sp³-hybridized carbons (Fsp3) is 0.312. The fourth-order valence-electron chi connectivity index (χ4n) is 4.79. The Morgan fingerprint density at radius 3 is 2.17 bits per heavy atom. The van der Waals surface area contributed by atoms with Crippen molar-refractivity contribution in [3.63, 3.8) is 0 Å². The van der Waals surface area contributed by atoms with E-state index in [0.717, 1.165) is 46.9 Å². The quantitative estimate of drug-likeness (QED) is 0.247. The maximum absolute atomic E-state index is 12.7. The van der Waals surface area contributed by atoms with Gasteiger partial charge in [-0.3, -0.25) is 4.79 Å². The van der Waals surface area contributed by atoms with Gasteiger partial charge in [0.2, 0.25) is 0 Å². The van der Waals surface area contributed by atoms with Crippen molar-refractivity contribution < 1.29 is 13.9 Å². The van der Waals surface area contributed by atoms with E-state index in [4.69, 9.17) is 9.15 Å². The SMILES string of the molecule is CC(C)Cc1ccc(C(C)C(=O)OCc2ccc(-c3oc(=O)c4ccccc4c3C3CC3)cc2)cc1. The summed E-state index contributed by atoms with van der Waals surface area (Å²) in [5, 5.41) is 1.62. The highest BCUT2D eigenvalue weighted by Crippen LogP contribution is 2.47. The maximum atomic E-state index is 12.7. The zero-order valence-corrected chi connectivity index (χ0v) is 21.1. The van der Waals surface area contributed by atoms with Crippen molar-refractivity contribution in [1.29, 1.82) is 0 Å². The second-order valence-electron chi connectivity index (χ2n) is 10.3. The third-order valence-electron chi connectivity index (χ3n) is 6.94. The van der Waals surface area contributed by atoms with Gasteiger partial charge in [0.15, 0.2) is 0 Å². The minimum Gasteiger partial charge on any atom is -0.460 e. The topological polar surface area (TPSA) is 56.5 Å². The van der Waals surface area contributed by atoms with Gasteiger partial charge in [-0.1, -0.05) is 80.6 Å². The van der Waals surface area contributed by atoms with Crippen molar-refractivity contribution in [2.75, 3.05) is 0 Å². The van der Waals surface area contributed by atoms with Crippen LogP contribution in [0.4, 0.5) is 0 Å². The van der Waals surface area contributed by atoms with Crippen LogP contribution in [0, 0.1) is 5.92 Å². The highest BCUT2D eigenvalue weighted by atomic mass is 16.5. The van der Waals surface area contributed by atoms with Crippen molar-refractivity contribution >= 4 is 16.7 Å². The molecule has 3 aromatic carbocycles. The van der Waals surface area contributed by atoms with Crippen LogP contribution >= 0.6 is 0 Å². The summed E-state index contributed by atoms with van der Waals surface area (Å²) < 4.78 is 11.4. The number of hydrogen-bond acceptors (Lipinski definition) is 4. The third kappa shape index (κ3) is 5.13. The van der Waals surface area contributed by atoms with Crippen LogP contribution in [0.25, 0.3) is 22.1 Å². The Kier molecular flexibility index (Phi) is 6.77. The van der Waals surface area contributed by atoms with Crippen molar-refractivity contribution in [1.82, 2.24) is 0 Å². The Balaban J connectivity index is 1.28. The second-order valence-corrected chi connectivity index (χ2v) is 10.3. The molecule has 1 aliphatic rings. The number of benzene rings is 3. The number of rotatable bonds is 8. The Bertz CT molecular complexity index is 1420. The van der Waals surface area contributed by atoms with Crippen LogP contribution in [0.15, 0.2) is 82.0 Å². The van der Waals surface area contributed by atoms with E-state index in [1.165, 1.54) is 5.56 Å². The van der Waals surface area contributed by atoms with Gasteiger partial charge in [-0.05, 0) is 66.2 Å². The Morgan fingerprint density at radius 1 is 0.889 bits per heavy atom. The number of esters is 1. The summed E-state index contributed by atoms with van der Waals surface area (Å²) in [6, 6.07) is 23.7. The monoisotopic (exact) mass is 480 g/mol. The number of ether oxygens (including phenoxy) is 1. The van der Waals surface area contributed by atoms with E-state index in [0.29, 0.717) is 23.0 Å². The van der Waals surface area contributed by atoms with E-state index >= 15 is 0 Å². The molecule has 4 heteroatoms. The molecule has 0 spiro atoms. The molecular weight excluding hydrogens is 448 g/mol. The lowest BCUT2D eigenvalue weighted by Crippen LogP contribution is -2.13. The van der Waals surface area contributed by atoms with Crippen LogP contribution < -0.4 is 5.63 Å². The lowest BCUT2D eigenvalue weighted by molar-refractivity contribution is -0.146. The number of hydrogen-bond donors (Lipinski definition) is 0. The first-order chi connectivity index (χ1) is 17.4. The average Bonchev–Trinajstić information content (AvgIpc) is 3.72. The maximum Gasteiger partial charge on any atom is 0.344 e. The molecule has 0 bridgehead atoms. The molecule has 0 amide bonds. The van der Waals surface area contributed by atoms with Gasteiger partial charge in [-0.15, -0.1) is 0 Å². The van der Waals surface area contributed by atoms with Gasteiger partial charge in [0.05, 0.1) is 11.3 Å². The van der Waals surface area contributed by atoms with Crippen molar-refractivity contribution in [3.05, 3.63) is 105 Å². The summed E-state index contributed by atoms with van der Waals surface area (Å²) in [7, 11) is 0. The molecule has 1 heterocycles. The molecule has 0 saturated heterocycles. The van der Waals surface area contributed by atoms with Gasteiger partial charge in [-0.25, -0.2) is 4.79 Å². The Hall–Kier alpha value is -3.66. The highest BCUT2D eigenvalue weighted by Gasteiger charge is 2.30. The molecule has 1 saturated carbocycles. The molecule has 1 unspecified atom stereocenters. The van der Waals surface area contributed by atoms with Crippen LogP contribution in [-0.2, 0) is 22.6 Å². The summed E-state index contributed by atoms with van der Waals surface area (Å²) in [5.74, 6) is 1.11. The molecule has 5 rings (SSSR count). The van der Waals surface area contributed by atoms with Crippen molar-refractivity contribution in [2.45, 2.75) is 58.5 Å². The summed E-state index contributed by atoms with van der Waals surface area (Å²) >= 11 is 0. The molecule has 0 N–H and O–H groups in total. The first-order valence-corrected chi connectivity index (χ1v) is 12.8. The molecule has 1 atom stereocenters. The predicted molar refractivity (Wildman–Crippen MR) is 143 cm³/mol. The number of fused-ring (bicyclic) bond motifs is 1. The van der Waals surface area contributed by atoms with Crippen molar-refractivity contribution in [2.24, 2.45) is 5.92 Å². The average molecular weight is 481 g/mol. The van der Waals surface area contributed by atoms with Gasteiger partial charge in [-0.2, -0.15) is 0 Å². The zero-order chi connectivity index (χ0) is 25.2. The molecule has 0 radical (unpaired) electrons. The minimum atomic E-state index is -0.328. The van der Waals surface area contributed by atoms with Crippen molar-refractivity contribution in [3.8, 4) is 11.3 Å². The van der Waals surface area contributed by atoms with Crippen LogP contribution in [0.1, 0.15) is 67.7 Å². The largest absolute Gasteiger partial charge is 0.460 e. The van der Waals surface area contributed by atoms with Gasteiger partial charge in [0.25, 0.3) is 0 Å². The van der Waals surface area contributed by atoms with Gasteiger partial charge >= 0.3 is 11.6 Å². The van der Waals surface area contributed by atoms with Gasteiger partial charge in [0, 0.05) is 11.1 Å². The zero-order valence-electron chi connectivity index (χ0n) is 21.1. The molecule has 0 aliphatic heterocycles. The Labute approximate surface area is 211 Å². The molecule has 4 nitrogen and oxygen atoms in total. The molecule has 184 valence electrons. The molecule has 4 aromatic rings. The smallest absolute Gasteiger partial charge is 0.344 e. The highest BCUT2D eigenvalue weighted by molar-refractivity contribution is 5.89. The first-order valence-electron chi connectivity index (χ1n) is 12.8. The fourth-order valence-corrected chi connectivity index (χ4v) is 4.79. The van der Waals surface area contributed by atoms with Crippen LogP contribution in [0.2, 0.25) is 0 Å². The van der Waals surface area contributed by atoms with E-state index < -0.39 is 0 Å². The summed E-state index contributed by atoms with van der Waals surface area (Å²) in [6.07, 6.45) is 3.24. The molecule has 1 aromatic heterocycles. The van der Waals surface area contributed by atoms with E-state index in [2.05, 4.69) is 26.0 Å². The molecule has 36 heavy (non-hydrogen) atoms. The standard InChI is InChI=1S/C32H32O4/c1-20(2)18-22-8-12-24(13-9-22)21(3)31(33)35-19-23-10-14-26(15-11-23)30-29(25-16-17-25)27-6-4-5-7-28(27)32(34)36-30/h4-15,20-21,25H,16-19H2,1-3H3. The molecule has 1 aliphatic carbocycles. The lowest BCUT2D eigenvalue weighted by atomic mass is 9.97. The van der Waals surface area contributed by atoms with Gasteiger partial charge in [0.1, 0.15) is 12.4 Å².